The molecule has 5 nitrogen and oxygen atoms in total. The van der Waals surface area contributed by atoms with Crippen LogP contribution in [0.4, 0.5) is 24.8 Å². The third-order valence-electron chi connectivity index (χ3n) is 3.00. The summed E-state index contributed by atoms with van der Waals surface area (Å²) in [7, 11) is 4.32. The van der Waals surface area contributed by atoms with E-state index in [-0.39, 0.29) is 5.95 Å². The van der Waals surface area contributed by atoms with E-state index >= 15 is 0 Å². The lowest BCUT2D eigenvalue weighted by Gasteiger charge is -2.19. The predicted octanol–water partition coefficient (Wildman–Crippen LogP) is 3.28. The van der Waals surface area contributed by atoms with Gasteiger partial charge in [-0.2, -0.15) is 18.2 Å². The average molecular weight is 313 g/mol. The molecule has 22 heavy (non-hydrogen) atoms. The minimum Gasteiger partial charge on any atom is -0.497 e. The minimum atomic E-state index is -4.57. The van der Waals surface area contributed by atoms with Gasteiger partial charge in [0.1, 0.15) is 11.3 Å². The second kappa shape index (κ2) is 6.08. The predicted molar refractivity (Wildman–Crippen MR) is 74.6 cm³/mol. The number of nitrogens with zero attached hydrogens (tertiary/aromatic N) is 3. The topological polar surface area (TPSA) is 47.5 Å². The van der Waals surface area contributed by atoms with Crippen LogP contribution in [0.5, 0.6) is 11.6 Å². The van der Waals surface area contributed by atoms with Gasteiger partial charge in [-0.1, -0.05) is 0 Å². The molecule has 0 aliphatic rings. The van der Waals surface area contributed by atoms with Gasteiger partial charge in [-0.15, -0.1) is 0 Å². The molecular weight excluding hydrogens is 299 g/mol. The van der Waals surface area contributed by atoms with Gasteiger partial charge in [-0.3, -0.25) is 0 Å². The Bertz CT molecular complexity index is 645. The molecule has 118 valence electrons. The Kier molecular flexibility index (Phi) is 4.39. The van der Waals surface area contributed by atoms with E-state index < -0.39 is 17.6 Å². The van der Waals surface area contributed by atoms with Crippen molar-refractivity contribution in [2.75, 3.05) is 26.2 Å². The zero-order valence-electron chi connectivity index (χ0n) is 12.2. The highest BCUT2D eigenvalue weighted by molar-refractivity contribution is 5.58. The van der Waals surface area contributed by atoms with E-state index in [9.17, 15) is 13.2 Å². The van der Waals surface area contributed by atoms with Gasteiger partial charge in [-0.25, -0.2) is 4.98 Å². The first kappa shape index (κ1) is 15.9. The first-order chi connectivity index (χ1) is 10.4. The van der Waals surface area contributed by atoms with Crippen molar-refractivity contribution in [1.82, 2.24) is 9.97 Å². The molecule has 1 aromatic heterocycles. The van der Waals surface area contributed by atoms with Crippen LogP contribution in [0.1, 0.15) is 5.56 Å². The summed E-state index contributed by atoms with van der Waals surface area (Å²) in [5, 5.41) is 0. The van der Waals surface area contributed by atoms with Crippen LogP contribution in [0, 0.1) is 0 Å². The van der Waals surface area contributed by atoms with Crippen LogP contribution in [0.25, 0.3) is 0 Å². The molecule has 2 rings (SSSR count). The fourth-order valence-corrected chi connectivity index (χ4v) is 1.79. The van der Waals surface area contributed by atoms with E-state index in [4.69, 9.17) is 9.47 Å². The molecule has 1 aromatic carbocycles. The molecule has 0 atom stereocenters. The Labute approximate surface area is 125 Å². The molecule has 0 unspecified atom stereocenters. The van der Waals surface area contributed by atoms with Crippen LogP contribution in [0.15, 0.2) is 30.5 Å². The maximum absolute atomic E-state index is 12.8. The molecule has 0 amide bonds. The number of methoxy groups -OCH3 is 2. The third-order valence-corrected chi connectivity index (χ3v) is 3.00. The van der Waals surface area contributed by atoms with Crippen LogP contribution in [-0.2, 0) is 6.18 Å². The summed E-state index contributed by atoms with van der Waals surface area (Å²) in [4.78, 5) is 9.12. The van der Waals surface area contributed by atoms with E-state index in [2.05, 4.69) is 9.97 Å². The Balaban J connectivity index is 2.35. The molecular formula is C14H14F3N3O2. The number of ether oxygens (including phenoxy) is 2. The summed E-state index contributed by atoms with van der Waals surface area (Å²) >= 11 is 0. The van der Waals surface area contributed by atoms with Crippen LogP contribution in [0.3, 0.4) is 0 Å². The Morgan fingerprint density at radius 2 is 1.68 bits per heavy atom. The molecule has 0 bridgehead atoms. The monoisotopic (exact) mass is 313 g/mol. The number of hydrogen-bond donors (Lipinski definition) is 0. The van der Waals surface area contributed by atoms with E-state index in [1.54, 1.807) is 43.3 Å². The Morgan fingerprint density at radius 1 is 1.05 bits per heavy atom. The number of rotatable bonds is 4. The molecule has 0 saturated carbocycles. The number of anilines is 2. The SMILES string of the molecule is COc1ccc(N(C)c2ncc(C(F)(F)F)c(OC)n2)cc1. The summed E-state index contributed by atoms with van der Waals surface area (Å²) in [6.07, 6.45) is -3.86. The highest BCUT2D eigenvalue weighted by atomic mass is 19.4. The van der Waals surface area contributed by atoms with Gasteiger partial charge in [-0.05, 0) is 24.3 Å². The van der Waals surface area contributed by atoms with Crippen LogP contribution >= 0.6 is 0 Å². The maximum atomic E-state index is 12.8. The van der Waals surface area contributed by atoms with Gasteiger partial charge < -0.3 is 14.4 Å². The largest absolute Gasteiger partial charge is 0.497 e. The smallest absolute Gasteiger partial charge is 0.423 e. The van der Waals surface area contributed by atoms with Crippen LogP contribution < -0.4 is 14.4 Å². The Hall–Kier alpha value is -2.51. The number of aromatic nitrogens is 2. The van der Waals surface area contributed by atoms with Crippen molar-refractivity contribution in [3.8, 4) is 11.6 Å². The second-order valence-corrected chi connectivity index (χ2v) is 4.35. The first-order valence-electron chi connectivity index (χ1n) is 6.23. The van der Waals surface area contributed by atoms with Crippen molar-refractivity contribution in [3.63, 3.8) is 0 Å². The van der Waals surface area contributed by atoms with E-state index in [0.717, 1.165) is 7.11 Å². The van der Waals surface area contributed by atoms with Gasteiger partial charge in [0, 0.05) is 18.9 Å². The van der Waals surface area contributed by atoms with Gasteiger partial charge >= 0.3 is 6.18 Å². The van der Waals surface area contributed by atoms with Gasteiger partial charge in [0.15, 0.2) is 0 Å². The third kappa shape index (κ3) is 3.21. The molecule has 0 fully saturated rings. The van der Waals surface area contributed by atoms with E-state index in [1.807, 2.05) is 0 Å². The molecule has 0 spiro atoms. The number of hydrogen-bond acceptors (Lipinski definition) is 5. The summed E-state index contributed by atoms with van der Waals surface area (Å²) in [5.74, 6) is 0.246. The number of alkyl halides is 3. The zero-order chi connectivity index (χ0) is 16.3. The summed E-state index contributed by atoms with van der Waals surface area (Å²) in [6.45, 7) is 0. The molecule has 0 aliphatic carbocycles. The fourth-order valence-electron chi connectivity index (χ4n) is 1.79. The van der Waals surface area contributed by atoms with E-state index in [0.29, 0.717) is 17.6 Å². The standard InChI is InChI=1S/C14H14F3N3O2/c1-20(9-4-6-10(21-2)7-5-9)13-18-8-11(14(15,16)17)12(19-13)22-3/h4-8H,1-3H3. The molecule has 2 aromatic rings. The summed E-state index contributed by atoms with van der Waals surface area (Å²) in [6, 6.07) is 6.94. The molecule has 1 heterocycles. The average Bonchev–Trinajstić information content (AvgIpc) is 2.52. The fraction of sp³-hybridized carbons (Fsp3) is 0.286. The highest BCUT2D eigenvalue weighted by Crippen LogP contribution is 2.35. The minimum absolute atomic E-state index is 0.0926. The summed E-state index contributed by atoms with van der Waals surface area (Å²) in [5.41, 5.74) is -0.315. The molecule has 0 saturated heterocycles. The lowest BCUT2D eigenvalue weighted by Crippen LogP contribution is -2.16. The van der Waals surface area contributed by atoms with E-state index in [1.165, 1.54) is 0 Å². The van der Waals surface area contributed by atoms with Gasteiger partial charge in [0.05, 0.1) is 14.2 Å². The van der Waals surface area contributed by atoms with Crippen molar-refractivity contribution in [2.45, 2.75) is 6.18 Å². The van der Waals surface area contributed by atoms with Gasteiger partial charge in [0.2, 0.25) is 11.8 Å². The lowest BCUT2D eigenvalue weighted by atomic mass is 10.3. The Morgan fingerprint density at radius 3 is 2.18 bits per heavy atom. The van der Waals surface area contributed by atoms with Crippen LogP contribution in [-0.4, -0.2) is 31.2 Å². The lowest BCUT2D eigenvalue weighted by molar-refractivity contribution is -0.139. The van der Waals surface area contributed by atoms with Crippen molar-refractivity contribution in [3.05, 3.63) is 36.0 Å². The second-order valence-electron chi connectivity index (χ2n) is 4.35. The van der Waals surface area contributed by atoms with Crippen molar-refractivity contribution in [2.24, 2.45) is 0 Å². The molecule has 0 N–H and O–H groups in total. The zero-order valence-corrected chi connectivity index (χ0v) is 12.2. The van der Waals surface area contributed by atoms with Crippen molar-refractivity contribution in [1.29, 1.82) is 0 Å². The highest BCUT2D eigenvalue weighted by Gasteiger charge is 2.36. The molecule has 8 heteroatoms. The normalized spacial score (nSPS) is 11.2. The molecule has 0 radical (unpaired) electrons. The molecule has 0 aliphatic heterocycles. The van der Waals surface area contributed by atoms with Crippen LogP contribution in [0.2, 0.25) is 0 Å². The number of halogens is 3. The quantitative estimate of drug-likeness (QED) is 0.867. The summed E-state index contributed by atoms with van der Waals surface area (Å²) < 4.78 is 48.1. The van der Waals surface area contributed by atoms with Gasteiger partial charge in [0.25, 0.3) is 0 Å². The maximum Gasteiger partial charge on any atom is 0.423 e. The van der Waals surface area contributed by atoms with Crippen molar-refractivity contribution < 1.29 is 22.6 Å². The number of benzene rings is 1. The van der Waals surface area contributed by atoms with Crippen molar-refractivity contribution >= 4 is 11.6 Å². The first-order valence-corrected chi connectivity index (χ1v) is 6.23.